The number of furan rings is 2. The van der Waals surface area contributed by atoms with E-state index < -0.39 is 0 Å². The molecular weight excluding hydrogens is 318 g/mol. The molecule has 4 rings (SSSR count). The van der Waals surface area contributed by atoms with Gasteiger partial charge in [0.25, 0.3) is 5.91 Å². The molecule has 0 aliphatic rings. The third-order valence-electron chi connectivity index (χ3n) is 3.80. The molecule has 2 aromatic carbocycles. The first-order chi connectivity index (χ1) is 12.2. The fourth-order valence-electron chi connectivity index (χ4n) is 2.54. The summed E-state index contributed by atoms with van der Waals surface area (Å²) >= 11 is 0. The lowest BCUT2D eigenvalue weighted by Crippen LogP contribution is -2.11. The minimum Gasteiger partial charge on any atom is -0.459 e. The van der Waals surface area contributed by atoms with Gasteiger partial charge in [0.05, 0.1) is 6.26 Å². The number of amides is 1. The molecule has 5 heteroatoms. The van der Waals surface area contributed by atoms with Gasteiger partial charge in [-0.3, -0.25) is 9.59 Å². The summed E-state index contributed by atoms with van der Waals surface area (Å²) in [6.45, 7) is 0. The number of carbonyl (C=O) groups is 2. The minimum atomic E-state index is -0.346. The predicted octanol–water partition coefficient (Wildman–Crippen LogP) is 4.51. The summed E-state index contributed by atoms with van der Waals surface area (Å²) in [7, 11) is 0. The number of ketones is 1. The molecule has 0 unspecified atom stereocenters. The summed E-state index contributed by atoms with van der Waals surface area (Å²) in [5, 5.41) is 3.59. The highest BCUT2D eigenvalue weighted by Gasteiger charge is 2.15. The number of anilines is 1. The second-order valence-electron chi connectivity index (χ2n) is 5.49. The topological polar surface area (TPSA) is 72.5 Å². The lowest BCUT2D eigenvalue weighted by Gasteiger charge is -2.04. The van der Waals surface area contributed by atoms with Gasteiger partial charge in [0.1, 0.15) is 5.58 Å². The molecule has 0 saturated carbocycles. The Hall–Kier alpha value is -3.60. The van der Waals surface area contributed by atoms with Gasteiger partial charge in [0.15, 0.2) is 11.5 Å². The molecule has 2 heterocycles. The average Bonchev–Trinajstić information content (AvgIpc) is 3.31. The van der Waals surface area contributed by atoms with Gasteiger partial charge in [-0.2, -0.15) is 0 Å². The van der Waals surface area contributed by atoms with Crippen LogP contribution in [-0.4, -0.2) is 11.7 Å². The van der Waals surface area contributed by atoms with E-state index >= 15 is 0 Å². The zero-order valence-corrected chi connectivity index (χ0v) is 13.1. The molecule has 0 fully saturated rings. The van der Waals surface area contributed by atoms with Crippen molar-refractivity contribution in [1.29, 1.82) is 0 Å². The molecule has 0 spiro atoms. The molecule has 4 aromatic rings. The van der Waals surface area contributed by atoms with Crippen molar-refractivity contribution >= 4 is 28.3 Å². The zero-order valence-electron chi connectivity index (χ0n) is 13.1. The highest BCUT2D eigenvalue weighted by molar-refractivity contribution is 6.09. The summed E-state index contributed by atoms with van der Waals surface area (Å²) in [6.07, 6.45) is 1.43. The molecule has 5 nitrogen and oxygen atoms in total. The van der Waals surface area contributed by atoms with Gasteiger partial charge < -0.3 is 14.2 Å². The van der Waals surface area contributed by atoms with Crippen LogP contribution < -0.4 is 5.32 Å². The van der Waals surface area contributed by atoms with Crippen molar-refractivity contribution < 1.29 is 18.4 Å². The predicted molar refractivity (Wildman–Crippen MR) is 92.7 cm³/mol. The van der Waals surface area contributed by atoms with Crippen molar-refractivity contribution in [3.05, 3.63) is 90.1 Å². The Bertz CT molecular complexity index is 1010. The molecule has 0 aliphatic carbocycles. The van der Waals surface area contributed by atoms with E-state index in [4.69, 9.17) is 8.83 Å². The van der Waals surface area contributed by atoms with Crippen LogP contribution >= 0.6 is 0 Å². The first kappa shape index (κ1) is 15.0. The largest absolute Gasteiger partial charge is 0.459 e. The second-order valence-corrected chi connectivity index (χ2v) is 5.49. The molecule has 1 N–H and O–H groups in total. The van der Waals surface area contributed by atoms with Crippen LogP contribution in [0.3, 0.4) is 0 Å². The van der Waals surface area contributed by atoms with Crippen LogP contribution in [0.15, 0.2) is 81.8 Å². The Balaban J connectivity index is 1.53. The fourth-order valence-corrected chi connectivity index (χ4v) is 2.54. The lowest BCUT2D eigenvalue weighted by molar-refractivity contribution is 0.0994. The Labute approximate surface area is 142 Å². The third kappa shape index (κ3) is 2.95. The highest BCUT2D eigenvalue weighted by Crippen LogP contribution is 2.22. The fraction of sp³-hybridized carbons (Fsp3) is 0. The summed E-state index contributed by atoms with van der Waals surface area (Å²) in [6, 6.07) is 19.0. The summed E-state index contributed by atoms with van der Waals surface area (Å²) in [4.78, 5) is 24.5. The summed E-state index contributed by atoms with van der Waals surface area (Å²) in [5.41, 5.74) is 1.73. The van der Waals surface area contributed by atoms with Crippen LogP contribution in [0, 0.1) is 0 Å². The van der Waals surface area contributed by atoms with E-state index in [9.17, 15) is 9.59 Å². The van der Waals surface area contributed by atoms with E-state index in [1.165, 1.54) is 6.26 Å². The Morgan fingerprint density at radius 1 is 0.840 bits per heavy atom. The van der Waals surface area contributed by atoms with Crippen LogP contribution in [0.1, 0.15) is 26.7 Å². The third-order valence-corrected chi connectivity index (χ3v) is 3.80. The van der Waals surface area contributed by atoms with E-state index in [1.54, 1.807) is 42.5 Å². The quantitative estimate of drug-likeness (QED) is 0.558. The molecule has 1 amide bonds. The van der Waals surface area contributed by atoms with E-state index in [0.29, 0.717) is 16.8 Å². The number of rotatable bonds is 4. The summed E-state index contributed by atoms with van der Waals surface area (Å²) < 4.78 is 10.6. The molecule has 0 atom stereocenters. The van der Waals surface area contributed by atoms with Crippen LogP contribution in [0.4, 0.5) is 5.69 Å². The van der Waals surface area contributed by atoms with Gasteiger partial charge in [-0.25, -0.2) is 0 Å². The van der Waals surface area contributed by atoms with Crippen LogP contribution in [0.25, 0.3) is 11.0 Å². The van der Waals surface area contributed by atoms with E-state index in [-0.39, 0.29) is 23.2 Å². The van der Waals surface area contributed by atoms with Crippen molar-refractivity contribution in [3.63, 3.8) is 0 Å². The lowest BCUT2D eigenvalue weighted by atomic mass is 10.1. The molecule has 122 valence electrons. The van der Waals surface area contributed by atoms with Crippen LogP contribution in [0.2, 0.25) is 0 Å². The zero-order chi connectivity index (χ0) is 17.2. The maximum Gasteiger partial charge on any atom is 0.291 e. The van der Waals surface area contributed by atoms with Gasteiger partial charge >= 0.3 is 0 Å². The van der Waals surface area contributed by atoms with Crippen LogP contribution in [-0.2, 0) is 0 Å². The molecule has 2 aromatic heterocycles. The smallest absolute Gasteiger partial charge is 0.291 e. The Morgan fingerprint density at radius 2 is 1.64 bits per heavy atom. The monoisotopic (exact) mass is 331 g/mol. The normalized spacial score (nSPS) is 10.7. The Kier molecular flexibility index (Phi) is 3.67. The molecule has 0 aliphatic heterocycles. The molecular formula is C20H13NO4. The van der Waals surface area contributed by atoms with E-state index in [0.717, 1.165) is 5.39 Å². The number of para-hydroxylation sites is 1. The minimum absolute atomic E-state index is 0.208. The van der Waals surface area contributed by atoms with Crippen molar-refractivity contribution in [2.24, 2.45) is 0 Å². The van der Waals surface area contributed by atoms with E-state index in [1.807, 2.05) is 24.3 Å². The number of hydrogen-bond donors (Lipinski definition) is 1. The second kappa shape index (κ2) is 6.13. The maximum absolute atomic E-state index is 12.5. The van der Waals surface area contributed by atoms with Gasteiger partial charge in [0, 0.05) is 16.6 Å². The number of nitrogens with one attached hydrogen (secondary N) is 1. The number of hydrogen-bond acceptors (Lipinski definition) is 4. The maximum atomic E-state index is 12.5. The number of benzene rings is 2. The van der Waals surface area contributed by atoms with Gasteiger partial charge in [-0.15, -0.1) is 0 Å². The molecule has 0 radical (unpaired) electrons. The number of carbonyl (C=O) groups excluding carboxylic acids is 2. The van der Waals surface area contributed by atoms with Crippen molar-refractivity contribution in [2.75, 3.05) is 5.32 Å². The number of fused-ring (bicyclic) bond motifs is 1. The van der Waals surface area contributed by atoms with Crippen LogP contribution in [0.5, 0.6) is 0 Å². The van der Waals surface area contributed by atoms with Crippen molar-refractivity contribution in [2.45, 2.75) is 0 Å². The van der Waals surface area contributed by atoms with Crippen molar-refractivity contribution in [1.82, 2.24) is 0 Å². The Morgan fingerprint density at radius 3 is 2.36 bits per heavy atom. The molecule has 0 saturated heterocycles. The summed E-state index contributed by atoms with van der Waals surface area (Å²) in [5.74, 6) is -0.0440. The van der Waals surface area contributed by atoms with E-state index in [2.05, 4.69) is 5.32 Å². The highest BCUT2D eigenvalue weighted by atomic mass is 16.3. The standard InChI is InChI=1S/C20H13NO4/c22-19(18-12-14-4-1-2-5-16(14)25-18)13-7-9-15(10-8-13)21-20(23)17-6-3-11-24-17/h1-12H,(H,21,23). The average molecular weight is 331 g/mol. The van der Waals surface area contributed by atoms with Crippen molar-refractivity contribution in [3.8, 4) is 0 Å². The first-order valence-electron chi connectivity index (χ1n) is 7.69. The molecule has 0 bridgehead atoms. The van der Waals surface area contributed by atoms with Gasteiger partial charge in [-0.05, 0) is 48.5 Å². The molecule has 25 heavy (non-hydrogen) atoms. The first-order valence-corrected chi connectivity index (χ1v) is 7.69. The van der Waals surface area contributed by atoms with Gasteiger partial charge in [-0.1, -0.05) is 18.2 Å². The SMILES string of the molecule is O=C(Nc1ccc(C(=O)c2cc3ccccc3o2)cc1)c1ccco1. The van der Waals surface area contributed by atoms with Gasteiger partial charge in [0.2, 0.25) is 5.78 Å².